The van der Waals surface area contributed by atoms with Crippen LogP contribution in [0.25, 0.3) is 0 Å². The minimum absolute atomic E-state index is 0.00987. The van der Waals surface area contributed by atoms with Crippen molar-refractivity contribution in [3.63, 3.8) is 0 Å². The molecule has 0 radical (unpaired) electrons. The quantitative estimate of drug-likeness (QED) is 0.928. The Hall–Kier alpha value is -2.40. The van der Waals surface area contributed by atoms with Crippen LogP contribution in [-0.2, 0) is 4.79 Å². The number of aryl methyl sites for hydroxylation is 2. The molecule has 1 aliphatic heterocycles. The first kappa shape index (κ1) is 17.4. The highest BCUT2D eigenvalue weighted by molar-refractivity contribution is 5.92. The molecule has 132 valence electrons. The van der Waals surface area contributed by atoms with E-state index in [-0.39, 0.29) is 11.7 Å². The lowest BCUT2D eigenvalue weighted by Gasteiger charge is -2.35. The molecule has 0 saturated carbocycles. The fraction of sp³-hybridized carbons (Fsp3) is 0.350. The molecule has 1 aliphatic rings. The summed E-state index contributed by atoms with van der Waals surface area (Å²) in [6.45, 7) is 7.33. The molecule has 4 nitrogen and oxygen atoms in total. The Bertz CT molecular complexity index is 734. The maximum atomic E-state index is 13.9. The Morgan fingerprint density at radius 3 is 2.32 bits per heavy atom. The number of nitrogens with zero attached hydrogens (tertiary/aromatic N) is 2. The van der Waals surface area contributed by atoms with E-state index in [2.05, 4.69) is 16.3 Å². The van der Waals surface area contributed by atoms with E-state index in [1.807, 2.05) is 36.9 Å². The maximum absolute atomic E-state index is 13.9. The summed E-state index contributed by atoms with van der Waals surface area (Å²) in [5, 5.41) is 2.97. The Morgan fingerprint density at radius 1 is 1.04 bits per heavy atom. The molecule has 1 fully saturated rings. The molecule has 1 saturated heterocycles. The van der Waals surface area contributed by atoms with E-state index < -0.39 is 0 Å². The van der Waals surface area contributed by atoms with Gasteiger partial charge in [-0.25, -0.2) is 4.39 Å². The van der Waals surface area contributed by atoms with Gasteiger partial charge in [0.2, 0.25) is 5.91 Å². The van der Waals surface area contributed by atoms with Gasteiger partial charge in [0.1, 0.15) is 5.82 Å². The predicted molar refractivity (Wildman–Crippen MR) is 99.6 cm³/mol. The molecular formula is C20H24FN3O. The average Bonchev–Trinajstić information content (AvgIpc) is 2.55. The van der Waals surface area contributed by atoms with Crippen molar-refractivity contribution >= 4 is 17.3 Å². The van der Waals surface area contributed by atoms with Gasteiger partial charge < -0.3 is 10.2 Å². The van der Waals surface area contributed by atoms with Crippen molar-refractivity contribution in [2.45, 2.75) is 13.8 Å². The van der Waals surface area contributed by atoms with Gasteiger partial charge in [0.15, 0.2) is 0 Å². The summed E-state index contributed by atoms with van der Waals surface area (Å²) < 4.78 is 13.9. The third-order valence-electron chi connectivity index (χ3n) is 4.44. The number of anilines is 2. The van der Waals surface area contributed by atoms with Gasteiger partial charge in [0.25, 0.3) is 0 Å². The number of benzene rings is 2. The zero-order valence-electron chi connectivity index (χ0n) is 14.8. The summed E-state index contributed by atoms with van der Waals surface area (Å²) in [5.74, 6) is -0.201. The first-order chi connectivity index (χ1) is 12.0. The molecule has 2 aromatic rings. The summed E-state index contributed by atoms with van der Waals surface area (Å²) >= 11 is 0. The molecule has 0 bridgehead atoms. The van der Waals surface area contributed by atoms with Crippen molar-refractivity contribution in [1.29, 1.82) is 0 Å². The minimum atomic E-state index is -0.191. The highest BCUT2D eigenvalue weighted by Gasteiger charge is 2.20. The van der Waals surface area contributed by atoms with E-state index in [0.29, 0.717) is 12.2 Å². The number of hydrogen-bond donors (Lipinski definition) is 1. The Labute approximate surface area is 148 Å². The minimum Gasteiger partial charge on any atom is -0.367 e. The summed E-state index contributed by atoms with van der Waals surface area (Å²) in [6.07, 6.45) is 0. The van der Waals surface area contributed by atoms with E-state index >= 15 is 0 Å². The van der Waals surface area contributed by atoms with Gasteiger partial charge in [-0.3, -0.25) is 9.69 Å². The summed E-state index contributed by atoms with van der Waals surface area (Å²) in [6, 6.07) is 12.9. The number of carbonyl (C=O) groups is 1. The van der Waals surface area contributed by atoms with Crippen molar-refractivity contribution in [3.8, 4) is 0 Å². The Kier molecular flexibility index (Phi) is 5.34. The van der Waals surface area contributed by atoms with Crippen LogP contribution in [0, 0.1) is 19.7 Å². The van der Waals surface area contributed by atoms with E-state index in [0.717, 1.165) is 43.0 Å². The van der Waals surface area contributed by atoms with Crippen LogP contribution in [0.1, 0.15) is 11.1 Å². The fourth-order valence-corrected chi connectivity index (χ4v) is 3.31. The predicted octanol–water partition coefficient (Wildman–Crippen LogP) is 3.20. The van der Waals surface area contributed by atoms with Crippen LogP contribution in [0.2, 0.25) is 0 Å². The van der Waals surface area contributed by atoms with Gasteiger partial charge in [-0.05, 0) is 49.2 Å². The smallest absolute Gasteiger partial charge is 0.238 e. The van der Waals surface area contributed by atoms with Crippen LogP contribution in [0.4, 0.5) is 15.8 Å². The number of halogens is 1. The molecule has 0 unspecified atom stereocenters. The molecule has 1 amide bonds. The van der Waals surface area contributed by atoms with Crippen molar-refractivity contribution in [2.75, 3.05) is 42.9 Å². The molecule has 0 spiro atoms. The van der Waals surface area contributed by atoms with Crippen molar-refractivity contribution in [2.24, 2.45) is 0 Å². The van der Waals surface area contributed by atoms with Gasteiger partial charge in [-0.15, -0.1) is 0 Å². The fourth-order valence-electron chi connectivity index (χ4n) is 3.31. The zero-order valence-corrected chi connectivity index (χ0v) is 14.8. The Balaban J connectivity index is 1.52. The number of para-hydroxylation sites is 1. The number of hydrogen-bond acceptors (Lipinski definition) is 3. The number of rotatable bonds is 4. The van der Waals surface area contributed by atoms with Crippen molar-refractivity contribution < 1.29 is 9.18 Å². The highest BCUT2D eigenvalue weighted by atomic mass is 19.1. The first-order valence-corrected chi connectivity index (χ1v) is 8.61. The van der Waals surface area contributed by atoms with Crippen LogP contribution in [0.3, 0.4) is 0 Å². The van der Waals surface area contributed by atoms with Crippen LogP contribution >= 0.6 is 0 Å². The molecule has 0 aliphatic carbocycles. The lowest BCUT2D eigenvalue weighted by Crippen LogP contribution is -2.48. The van der Waals surface area contributed by atoms with Crippen molar-refractivity contribution in [3.05, 3.63) is 59.4 Å². The van der Waals surface area contributed by atoms with Gasteiger partial charge in [-0.1, -0.05) is 18.2 Å². The zero-order chi connectivity index (χ0) is 17.8. The number of amides is 1. The molecule has 2 aromatic carbocycles. The number of piperazine rings is 1. The van der Waals surface area contributed by atoms with E-state index in [1.165, 1.54) is 6.07 Å². The van der Waals surface area contributed by atoms with Crippen LogP contribution < -0.4 is 10.2 Å². The maximum Gasteiger partial charge on any atom is 0.238 e. The Morgan fingerprint density at radius 2 is 1.68 bits per heavy atom. The molecule has 5 heteroatoms. The van der Waals surface area contributed by atoms with Gasteiger partial charge in [-0.2, -0.15) is 0 Å². The standard InChI is InChI=1S/C20H24FN3O/c1-15-11-16(2)13-17(12-15)22-20(25)14-23-7-9-24(10-8-23)19-6-4-3-5-18(19)21/h3-6,11-13H,7-10,14H2,1-2H3,(H,22,25). The normalized spacial score (nSPS) is 15.2. The second kappa shape index (κ2) is 7.66. The molecule has 0 aromatic heterocycles. The summed E-state index contributed by atoms with van der Waals surface area (Å²) in [5.41, 5.74) is 3.75. The summed E-state index contributed by atoms with van der Waals surface area (Å²) in [4.78, 5) is 16.4. The molecule has 0 atom stereocenters. The largest absolute Gasteiger partial charge is 0.367 e. The third kappa shape index (κ3) is 4.57. The first-order valence-electron chi connectivity index (χ1n) is 8.61. The molecular weight excluding hydrogens is 317 g/mol. The second-order valence-electron chi connectivity index (χ2n) is 6.64. The molecule has 25 heavy (non-hydrogen) atoms. The SMILES string of the molecule is Cc1cc(C)cc(NC(=O)CN2CCN(c3ccccc3F)CC2)c1. The summed E-state index contributed by atoms with van der Waals surface area (Å²) in [7, 11) is 0. The lowest BCUT2D eigenvalue weighted by molar-refractivity contribution is -0.117. The van der Waals surface area contributed by atoms with Crippen LogP contribution in [0.15, 0.2) is 42.5 Å². The van der Waals surface area contributed by atoms with E-state index in [1.54, 1.807) is 12.1 Å². The van der Waals surface area contributed by atoms with E-state index in [4.69, 9.17) is 0 Å². The monoisotopic (exact) mass is 341 g/mol. The second-order valence-corrected chi connectivity index (χ2v) is 6.64. The number of carbonyl (C=O) groups excluding carboxylic acids is 1. The number of nitrogens with one attached hydrogen (secondary N) is 1. The lowest BCUT2D eigenvalue weighted by atomic mass is 10.1. The third-order valence-corrected chi connectivity index (χ3v) is 4.44. The van der Waals surface area contributed by atoms with Crippen molar-refractivity contribution in [1.82, 2.24) is 4.90 Å². The molecule has 3 rings (SSSR count). The highest BCUT2D eigenvalue weighted by Crippen LogP contribution is 2.20. The van der Waals surface area contributed by atoms with Gasteiger partial charge in [0.05, 0.1) is 12.2 Å². The van der Waals surface area contributed by atoms with Crippen LogP contribution in [0.5, 0.6) is 0 Å². The topological polar surface area (TPSA) is 35.6 Å². The van der Waals surface area contributed by atoms with Crippen LogP contribution in [-0.4, -0.2) is 43.5 Å². The molecule has 1 N–H and O–H groups in total. The van der Waals surface area contributed by atoms with Gasteiger partial charge in [0, 0.05) is 31.9 Å². The van der Waals surface area contributed by atoms with Gasteiger partial charge >= 0.3 is 0 Å². The average molecular weight is 341 g/mol. The molecule has 1 heterocycles. The van der Waals surface area contributed by atoms with E-state index in [9.17, 15) is 9.18 Å².